The highest BCUT2D eigenvalue weighted by Gasteiger charge is 2.51. The highest BCUT2D eigenvalue weighted by Crippen LogP contribution is 2.53. The highest BCUT2D eigenvalue weighted by molar-refractivity contribution is 5.84. The summed E-state index contributed by atoms with van der Waals surface area (Å²) < 4.78 is 6.37. The van der Waals surface area contributed by atoms with E-state index in [2.05, 4.69) is 18.7 Å². The van der Waals surface area contributed by atoms with Crippen molar-refractivity contribution in [2.24, 2.45) is 11.8 Å². The summed E-state index contributed by atoms with van der Waals surface area (Å²) in [6.07, 6.45) is 5.00. The molecule has 122 valence electrons. The van der Waals surface area contributed by atoms with Gasteiger partial charge in [-0.2, -0.15) is 0 Å². The van der Waals surface area contributed by atoms with Crippen molar-refractivity contribution in [2.75, 3.05) is 6.54 Å². The zero-order valence-corrected chi connectivity index (χ0v) is 14.0. The summed E-state index contributed by atoms with van der Waals surface area (Å²) in [4.78, 5) is 2.78. The van der Waals surface area contributed by atoms with Crippen LogP contribution in [0, 0.1) is 11.8 Å². The molecular formula is C20H25NO2. The summed E-state index contributed by atoms with van der Waals surface area (Å²) in [6, 6.07) is 6.77. The van der Waals surface area contributed by atoms with Crippen LogP contribution < -0.4 is 0 Å². The monoisotopic (exact) mass is 311 g/mol. The van der Waals surface area contributed by atoms with E-state index in [0.29, 0.717) is 23.8 Å². The Bertz CT molecular complexity index is 764. The molecule has 3 fully saturated rings. The van der Waals surface area contributed by atoms with Gasteiger partial charge in [-0.1, -0.05) is 13.3 Å². The number of nitrogens with zero attached hydrogens (tertiary/aromatic N) is 1. The molecule has 3 aliphatic heterocycles. The third kappa shape index (κ3) is 1.86. The lowest BCUT2D eigenvalue weighted by Crippen LogP contribution is -2.58. The molecule has 2 aromatic rings. The van der Waals surface area contributed by atoms with Gasteiger partial charge in [-0.3, -0.25) is 4.90 Å². The summed E-state index contributed by atoms with van der Waals surface area (Å²) in [5, 5.41) is 11.0. The maximum Gasteiger partial charge on any atom is 0.134 e. The van der Waals surface area contributed by atoms with Crippen LogP contribution in [0.5, 0.6) is 5.75 Å². The molecule has 0 amide bonds. The first-order valence-corrected chi connectivity index (χ1v) is 9.15. The van der Waals surface area contributed by atoms with Gasteiger partial charge in [0, 0.05) is 35.5 Å². The molecule has 1 saturated carbocycles. The Morgan fingerprint density at radius 1 is 1.30 bits per heavy atom. The molecule has 1 aliphatic carbocycles. The van der Waals surface area contributed by atoms with Crippen molar-refractivity contribution in [2.45, 2.75) is 57.5 Å². The zero-order chi connectivity index (χ0) is 15.7. The molecule has 4 heterocycles. The van der Waals surface area contributed by atoms with Crippen molar-refractivity contribution in [1.82, 2.24) is 4.90 Å². The second-order valence-electron chi connectivity index (χ2n) is 7.98. The van der Waals surface area contributed by atoms with Crippen LogP contribution in [0.2, 0.25) is 0 Å². The number of hydrogen-bond acceptors (Lipinski definition) is 3. The first kappa shape index (κ1) is 13.9. The number of rotatable bonds is 1. The molecule has 6 rings (SSSR count). The van der Waals surface area contributed by atoms with E-state index in [1.807, 2.05) is 12.1 Å². The van der Waals surface area contributed by atoms with Gasteiger partial charge in [-0.05, 0) is 56.2 Å². The fourth-order valence-electron chi connectivity index (χ4n) is 5.78. The summed E-state index contributed by atoms with van der Waals surface area (Å²) in [5.41, 5.74) is 2.31. The molecule has 1 aromatic heterocycles. The van der Waals surface area contributed by atoms with Gasteiger partial charge in [0.05, 0.1) is 0 Å². The highest BCUT2D eigenvalue weighted by atomic mass is 16.3. The average Bonchev–Trinajstić information content (AvgIpc) is 2.88. The summed E-state index contributed by atoms with van der Waals surface area (Å²) in [7, 11) is 0. The third-order valence-corrected chi connectivity index (χ3v) is 6.70. The van der Waals surface area contributed by atoms with Crippen LogP contribution in [-0.2, 0) is 6.42 Å². The smallest absolute Gasteiger partial charge is 0.134 e. The third-order valence-electron chi connectivity index (χ3n) is 6.70. The van der Waals surface area contributed by atoms with E-state index in [1.165, 1.54) is 37.1 Å². The number of fused-ring (bicyclic) bond motifs is 4. The lowest BCUT2D eigenvalue weighted by molar-refractivity contribution is -0.0384. The Labute approximate surface area is 137 Å². The number of furan rings is 1. The molecule has 0 spiro atoms. The Morgan fingerprint density at radius 3 is 3.00 bits per heavy atom. The van der Waals surface area contributed by atoms with Crippen molar-refractivity contribution >= 4 is 11.0 Å². The van der Waals surface area contributed by atoms with E-state index in [4.69, 9.17) is 4.42 Å². The fraction of sp³-hybridized carbons (Fsp3) is 0.600. The van der Waals surface area contributed by atoms with Crippen molar-refractivity contribution in [3.63, 3.8) is 0 Å². The molecule has 4 bridgehead atoms. The Kier molecular flexibility index (Phi) is 2.88. The normalized spacial score (nSPS) is 38.5. The number of phenols is 1. The molecule has 5 unspecified atom stereocenters. The molecule has 23 heavy (non-hydrogen) atoms. The van der Waals surface area contributed by atoms with Crippen molar-refractivity contribution in [3.8, 4) is 5.75 Å². The van der Waals surface area contributed by atoms with Crippen LogP contribution >= 0.6 is 0 Å². The largest absolute Gasteiger partial charge is 0.508 e. The quantitative estimate of drug-likeness (QED) is 0.853. The number of aromatic hydroxyl groups is 1. The Hall–Kier alpha value is -1.48. The van der Waals surface area contributed by atoms with Crippen molar-refractivity contribution in [1.29, 1.82) is 0 Å². The molecule has 1 N–H and O–H groups in total. The summed E-state index contributed by atoms with van der Waals surface area (Å²) in [6.45, 7) is 5.99. The molecule has 3 nitrogen and oxygen atoms in total. The van der Waals surface area contributed by atoms with Crippen LogP contribution in [0.1, 0.15) is 50.4 Å². The Morgan fingerprint density at radius 2 is 2.17 bits per heavy atom. The number of piperidine rings is 2. The van der Waals surface area contributed by atoms with Crippen LogP contribution in [0.25, 0.3) is 11.0 Å². The molecule has 2 saturated heterocycles. The van der Waals surface area contributed by atoms with E-state index in [-0.39, 0.29) is 0 Å². The molecule has 6 atom stereocenters. The first-order chi connectivity index (χ1) is 11.2. The molecule has 3 heteroatoms. The van der Waals surface area contributed by atoms with Gasteiger partial charge in [0.15, 0.2) is 0 Å². The predicted molar refractivity (Wildman–Crippen MR) is 90.8 cm³/mol. The Balaban J connectivity index is 1.72. The van der Waals surface area contributed by atoms with Gasteiger partial charge < -0.3 is 9.52 Å². The first-order valence-electron chi connectivity index (χ1n) is 9.15. The number of hydrogen-bond donors (Lipinski definition) is 1. The van der Waals surface area contributed by atoms with Gasteiger partial charge in [-0.15, -0.1) is 0 Å². The van der Waals surface area contributed by atoms with E-state index in [9.17, 15) is 5.11 Å². The predicted octanol–water partition coefficient (Wildman–Crippen LogP) is 4.29. The van der Waals surface area contributed by atoms with Crippen LogP contribution in [-0.4, -0.2) is 28.6 Å². The van der Waals surface area contributed by atoms with E-state index in [1.54, 1.807) is 6.07 Å². The zero-order valence-electron chi connectivity index (χ0n) is 14.0. The van der Waals surface area contributed by atoms with Gasteiger partial charge in [0.2, 0.25) is 0 Å². The van der Waals surface area contributed by atoms with Crippen LogP contribution in [0.3, 0.4) is 0 Å². The van der Waals surface area contributed by atoms with E-state index >= 15 is 0 Å². The average molecular weight is 311 g/mol. The summed E-state index contributed by atoms with van der Waals surface area (Å²) >= 11 is 0. The minimum atomic E-state index is 0.342. The second-order valence-corrected chi connectivity index (χ2v) is 7.98. The fourth-order valence-corrected chi connectivity index (χ4v) is 5.78. The molecule has 4 aliphatic rings. The van der Waals surface area contributed by atoms with E-state index < -0.39 is 0 Å². The minimum Gasteiger partial charge on any atom is -0.508 e. The standard InChI is InChI=1S/C20H25NO2/c1-3-13-7-12-8-17-19(13)21(10-12)11(2)6-16-15-9-14(22)4-5-18(15)23-20(16)17/h4-5,9,11-13,17,19,22H,3,6-8,10H2,1-2H3/t11-,12?,13?,17?,19?/m1/s1. The SMILES string of the molecule is CCC1CC2CC3c4oc5ccc(O)cc5c4C[C@@H](C)N(C2)C13. The van der Waals surface area contributed by atoms with E-state index in [0.717, 1.165) is 29.2 Å². The molecular weight excluding hydrogens is 286 g/mol. The van der Waals surface area contributed by atoms with Crippen molar-refractivity contribution < 1.29 is 9.52 Å². The van der Waals surface area contributed by atoms with Gasteiger partial charge in [0.25, 0.3) is 0 Å². The van der Waals surface area contributed by atoms with Crippen LogP contribution in [0.15, 0.2) is 22.6 Å². The maximum atomic E-state index is 9.91. The van der Waals surface area contributed by atoms with Gasteiger partial charge in [0.1, 0.15) is 17.1 Å². The van der Waals surface area contributed by atoms with Crippen molar-refractivity contribution in [3.05, 3.63) is 29.5 Å². The minimum absolute atomic E-state index is 0.342. The summed E-state index contributed by atoms with van der Waals surface area (Å²) in [5.74, 6) is 3.75. The lowest BCUT2D eigenvalue weighted by Gasteiger charge is -2.54. The van der Waals surface area contributed by atoms with Gasteiger partial charge >= 0.3 is 0 Å². The number of benzene rings is 1. The lowest BCUT2D eigenvalue weighted by atomic mass is 9.65. The second kappa shape index (κ2) is 4.76. The maximum absolute atomic E-state index is 9.91. The van der Waals surface area contributed by atoms with Crippen LogP contribution in [0.4, 0.5) is 0 Å². The topological polar surface area (TPSA) is 36.6 Å². The molecule has 0 radical (unpaired) electrons. The van der Waals surface area contributed by atoms with Gasteiger partial charge in [-0.25, -0.2) is 0 Å². The molecule has 1 aromatic carbocycles. The number of phenolic OH excluding ortho intramolecular Hbond substituents is 1.